The molecule has 1 aromatic carbocycles. The van der Waals surface area contributed by atoms with Gasteiger partial charge in [-0.05, 0) is 45.0 Å². The molecule has 0 radical (unpaired) electrons. The van der Waals surface area contributed by atoms with Gasteiger partial charge in [-0.1, -0.05) is 6.07 Å². The Labute approximate surface area is 164 Å². The fourth-order valence-corrected chi connectivity index (χ4v) is 2.82. The number of aromatic nitrogens is 2. The molecule has 1 aromatic heterocycles. The first-order valence-electron chi connectivity index (χ1n) is 9.23. The molecule has 2 aromatic rings. The third-order valence-corrected chi connectivity index (χ3v) is 4.15. The molecule has 148 valence electrons. The van der Waals surface area contributed by atoms with Crippen molar-refractivity contribution in [3.05, 3.63) is 48.3 Å². The molecule has 8 nitrogen and oxygen atoms in total. The standard InChI is InChI=1S/C20H25N5O3/c1-20(2,3)28-19(27)25-12-10-24(11-13-25)17(26)15-6-4-7-16(14-15)23-18-21-8-5-9-22-18/h4-9,14H,10-13H2,1-3H3,(H,21,22,23). The Morgan fingerprint density at radius 3 is 2.29 bits per heavy atom. The summed E-state index contributed by atoms with van der Waals surface area (Å²) in [6, 6.07) is 8.96. The predicted molar refractivity (Wildman–Crippen MR) is 105 cm³/mol. The summed E-state index contributed by atoms with van der Waals surface area (Å²) in [5.74, 6) is 0.402. The molecule has 0 unspecified atom stereocenters. The van der Waals surface area contributed by atoms with Gasteiger partial charge in [0, 0.05) is 49.8 Å². The van der Waals surface area contributed by atoms with Gasteiger partial charge in [-0.2, -0.15) is 0 Å². The van der Waals surface area contributed by atoms with Crippen molar-refractivity contribution < 1.29 is 14.3 Å². The average molecular weight is 383 g/mol. The number of nitrogens with one attached hydrogen (secondary N) is 1. The lowest BCUT2D eigenvalue weighted by atomic mass is 10.1. The Morgan fingerprint density at radius 1 is 1.00 bits per heavy atom. The Morgan fingerprint density at radius 2 is 1.64 bits per heavy atom. The van der Waals surface area contributed by atoms with E-state index in [2.05, 4.69) is 15.3 Å². The van der Waals surface area contributed by atoms with Crippen molar-refractivity contribution in [2.24, 2.45) is 0 Å². The summed E-state index contributed by atoms with van der Waals surface area (Å²) in [6.07, 6.45) is 2.96. The molecule has 0 saturated carbocycles. The lowest BCUT2D eigenvalue weighted by Crippen LogP contribution is -2.51. The van der Waals surface area contributed by atoms with Crippen LogP contribution < -0.4 is 5.32 Å². The number of benzene rings is 1. The zero-order valence-electron chi connectivity index (χ0n) is 16.4. The molecule has 0 atom stereocenters. The van der Waals surface area contributed by atoms with Crippen LogP contribution in [0.25, 0.3) is 0 Å². The highest BCUT2D eigenvalue weighted by Gasteiger charge is 2.28. The van der Waals surface area contributed by atoms with Crippen molar-refractivity contribution in [3.8, 4) is 0 Å². The Bertz CT molecular complexity index is 827. The topological polar surface area (TPSA) is 87.7 Å². The second-order valence-corrected chi connectivity index (χ2v) is 7.54. The number of nitrogens with zero attached hydrogens (tertiary/aromatic N) is 4. The zero-order valence-corrected chi connectivity index (χ0v) is 16.4. The predicted octanol–water partition coefficient (Wildman–Crippen LogP) is 2.91. The fraction of sp³-hybridized carbons (Fsp3) is 0.400. The van der Waals surface area contributed by atoms with Crippen LogP contribution in [-0.4, -0.2) is 63.5 Å². The van der Waals surface area contributed by atoms with Gasteiger partial charge in [0.2, 0.25) is 5.95 Å². The molecule has 1 aliphatic heterocycles. The molecule has 1 fully saturated rings. The SMILES string of the molecule is CC(C)(C)OC(=O)N1CCN(C(=O)c2cccc(Nc3ncccn3)c2)CC1. The number of piperazine rings is 1. The van der Waals surface area contributed by atoms with Crippen LogP contribution in [0.15, 0.2) is 42.7 Å². The molecule has 28 heavy (non-hydrogen) atoms. The maximum absolute atomic E-state index is 12.8. The van der Waals surface area contributed by atoms with E-state index in [1.807, 2.05) is 32.9 Å². The Hall–Kier alpha value is -3.16. The van der Waals surface area contributed by atoms with Crippen LogP contribution in [0.4, 0.5) is 16.4 Å². The van der Waals surface area contributed by atoms with Crippen molar-refractivity contribution in [2.75, 3.05) is 31.5 Å². The summed E-state index contributed by atoms with van der Waals surface area (Å²) >= 11 is 0. The normalized spacial score (nSPS) is 14.5. The number of amides is 2. The first-order chi connectivity index (χ1) is 13.3. The summed E-state index contributed by atoms with van der Waals surface area (Å²) in [7, 11) is 0. The zero-order chi connectivity index (χ0) is 20.1. The maximum atomic E-state index is 12.8. The summed E-state index contributed by atoms with van der Waals surface area (Å²) in [5, 5.41) is 3.08. The smallest absolute Gasteiger partial charge is 0.410 e. The van der Waals surface area contributed by atoms with Gasteiger partial charge in [-0.25, -0.2) is 14.8 Å². The minimum Gasteiger partial charge on any atom is -0.444 e. The van der Waals surface area contributed by atoms with E-state index in [9.17, 15) is 9.59 Å². The van der Waals surface area contributed by atoms with E-state index in [0.717, 1.165) is 5.69 Å². The second-order valence-electron chi connectivity index (χ2n) is 7.54. The van der Waals surface area contributed by atoms with Crippen LogP contribution in [0.2, 0.25) is 0 Å². The van der Waals surface area contributed by atoms with E-state index in [1.165, 1.54) is 0 Å². The largest absolute Gasteiger partial charge is 0.444 e. The van der Waals surface area contributed by atoms with Gasteiger partial charge in [0.1, 0.15) is 5.60 Å². The van der Waals surface area contributed by atoms with Crippen LogP contribution in [0.1, 0.15) is 31.1 Å². The summed E-state index contributed by atoms with van der Waals surface area (Å²) < 4.78 is 5.39. The molecule has 1 aliphatic rings. The second kappa shape index (κ2) is 8.24. The highest BCUT2D eigenvalue weighted by Crippen LogP contribution is 2.17. The van der Waals surface area contributed by atoms with E-state index in [1.54, 1.807) is 40.4 Å². The number of rotatable bonds is 3. The summed E-state index contributed by atoms with van der Waals surface area (Å²) in [4.78, 5) is 36.6. The van der Waals surface area contributed by atoms with E-state index in [-0.39, 0.29) is 12.0 Å². The van der Waals surface area contributed by atoms with Crippen LogP contribution in [-0.2, 0) is 4.74 Å². The van der Waals surface area contributed by atoms with E-state index >= 15 is 0 Å². The van der Waals surface area contributed by atoms with Gasteiger partial charge in [-0.15, -0.1) is 0 Å². The van der Waals surface area contributed by atoms with E-state index < -0.39 is 5.60 Å². The van der Waals surface area contributed by atoms with Crippen molar-refractivity contribution in [2.45, 2.75) is 26.4 Å². The van der Waals surface area contributed by atoms with Crippen LogP contribution in [0, 0.1) is 0 Å². The molecule has 2 amide bonds. The summed E-state index contributed by atoms with van der Waals surface area (Å²) in [6.45, 7) is 7.37. The molecule has 8 heteroatoms. The third-order valence-electron chi connectivity index (χ3n) is 4.15. The maximum Gasteiger partial charge on any atom is 0.410 e. The van der Waals surface area contributed by atoms with Gasteiger partial charge < -0.3 is 19.9 Å². The van der Waals surface area contributed by atoms with Crippen LogP contribution in [0.5, 0.6) is 0 Å². The quantitative estimate of drug-likeness (QED) is 0.877. The van der Waals surface area contributed by atoms with Crippen LogP contribution >= 0.6 is 0 Å². The van der Waals surface area contributed by atoms with E-state index in [4.69, 9.17) is 4.74 Å². The minimum absolute atomic E-state index is 0.0681. The first kappa shape index (κ1) is 19.6. The van der Waals surface area contributed by atoms with Gasteiger partial charge in [0.15, 0.2) is 0 Å². The number of hydrogen-bond acceptors (Lipinski definition) is 6. The fourth-order valence-electron chi connectivity index (χ4n) is 2.82. The molecule has 1 saturated heterocycles. The highest BCUT2D eigenvalue weighted by atomic mass is 16.6. The van der Waals surface area contributed by atoms with Crippen molar-refractivity contribution >= 4 is 23.6 Å². The monoisotopic (exact) mass is 383 g/mol. The molecule has 0 aliphatic carbocycles. The molecule has 0 bridgehead atoms. The molecule has 2 heterocycles. The van der Waals surface area contributed by atoms with Crippen LogP contribution in [0.3, 0.4) is 0 Å². The molecule has 1 N–H and O–H groups in total. The van der Waals surface area contributed by atoms with Crippen molar-refractivity contribution in [3.63, 3.8) is 0 Å². The average Bonchev–Trinajstić information content (AvgIpc) is 2.67. The van der Waals surface area contributed by atoms with Crippen molar-refractivity contribution in [1.82, 2.24) is 19.8 Å². The van der Waals surface area contributed by atoms with E-state index in [0.29, 0.717) is 37.7 Å². The lowest BCUT2D eigenvalue weighted by molar-refractivity contribution is 0.0141. The Balaban J connectivity index is 1.59. The highest BCUT2D eigenvalue weighted by molar-refractivity contribution is 5.95. The molecular weight excluding hydrogens is 358 g/mol. The number of ether oxygens (including phenoxy) is 1. The first-order valence-corrected chi connectivity index (χ1v) is 9.23. The number of hydrogen-bond donors (Lipinski definition) is 1. The van der Waals surface area contributed by atoms with Gasteiger partial charge in [-0.3, -0.25) is 4.79 Å². The molecular formula is C20H25N5O3. The summed E-state index contributed by atoms with van der Waals surface area (Å²) in [5.41, 5.74) is 0.788. The number of carbonyl (C=O) groups excluding carboxylic acids is 2. The molecule has 0 spiro atoms. The molecule has 3 rings (SSSR count). The third kappa shape index (κ3) is 5.18. The lowest BCUT2D eigenvalue weighted by Gasteiger charge is -2.35. The van der Waals surface area contributed by atoms with Gasteiger partial charge in [0.05, 0.1) is 0 Å². The number of anilines is 2. The Kier molecular flexibility index (Phi) is 5.77. The van der Waals surface area contributed by atoms with Crippen molar-refractivity contribution in [1.29, 1.82) is 0 Å². The van der Waals surface area contributed by atoms with Gasteiger partial charge >= 0.3 is 6.09 Å². The van der Waals surface area contributed by atoms with Gasteiger partial charge in [0.25, 0.3) is 5.91 Å². The minimum atomic E-state index is -0.528. The number of carbonyl (C=O) groups is 2.